The Morgan fingerprint density at radius 2 is 0.900 bits per heavy atom. The van der Waals surface area contributed by atoms with Crippen LogP contribution in [0.2, 0.25) is 0 Å². The van der Waals surface area contributed by atoms with E-state index in [9.17, 15) is 49.2 Å². The van der Waals surface area contributed by atoms with Crippen molar-refractivity contribution in [3.63, 3.8) is 0 Å². The van der Waals surface area contributed by atoms with Gasteiger partial charge < -0.3 is 29.9 Å². The Bertz CT molecular complexity index is 1640. The third-order valence-electron chi connectivity index (χ3n) is 7.33. The van der Waals surface area contributed by atoms with Gasteiger partial charge in [-0.2, -0.15) is 0 Å². The quantitative estimate of drug-likeness (QED) is 0.300. The molecule has 0 unspecified atom stereocenters. The van der Waals surface area contributed by atoms with Gasteiger partial charge in [-0.1, -0.05) is 0 Å². The summed E-state index contributed by atoms with van der Waals surface area (Å²) < 4.78 is 10.3. The maximum absolute atomic E-state index is 13.3. The summed E-state index contributed by atoms with van der Waals surface area (Å²) in [4.78, 5) is 78.6. The van der Waals surface area contributed by atoms with E-state index >= 15 is 0 Å². The van der Waals surface area contributed by atoms with Crippen LogP contribution in [0.15, 0.2) is 23.3 Å². The highest BCUT2D eigenvalue weighted by molar-refractivity contribution is 6.61. The number of rotatable bonds is 1. The van der Waals surface area contributed by atoms with Crippen LogP contribution in [-0.2, 0) is 31.9 Å². The van der Waals surface area contributed by atoms with Crippen molar-refractivity contribution in [1.29, 1.82) is 0 Å². The second kappa shape index (κ2) is 8.12. The summed E-state index contributed by atoms with van der Waals surface area (Å²) in [6.45, 7) is 3.15. The third kappa shape index (κ3) is 3.12. The molecule has 0 spiro atoms. The van der Waals surface area contributed by atoms with E-state index in [1.165, 1.54) is 0 Å². The van der Waals surface area contributed by atoms with Crippen molar-refractivity contribution in [1.82, 2.24) is 0 Å². The largest absolute Gasteiger partial charge is 0.507 e. The molecule has 202 valence electrons. The zero-order chi connectivity index (χ0) is 28.9. The zero-order valence-corrected chi connectivity index (χ0v) is 20.8. The number of fused-ring (bicyclic) bond motifs is 6. The van der Waals surface area contributed by atoms with E-state index in [0.717, 1.165) is 12.1 Å². The molecular formula is C28H18O12. The van der Waals surface area contributed by atoms with Gasteiger partial charge in [0.1, 0.15) is 35.2 Å². The number of benzene rings is 2. The van der Waals surface area contributed by atoms with Gasteiger partial charge in [0, 0.05) is 12.8 Å². The number of carbonyl (C=O) groups is 6. The highest BCUT2D eigenvalue weighted by Crippen LogP contribution is 2.46. The van der Waals surface area contributed by atoms with Crippen molar-refractivity contribution in [2.24, 2.45) is 0 Å². The minimum absolute atomic E-state index is 0.0985. The number of phenolic OH excluding ortho intramolecular Hbond substituents is 2. The second-order valence-electron chi connectivity index (χ2n) is 9.96. The number of carbonyl (C=O) groups excluding carboxylic acids is 6. The number of hydrogen-bond donors (Lipinski definition) is 4. The van der Waals surface area contributed by atoms with Gasteiger partial charge in [0.15, 0.2) is 0 Å². The second-order valence-corrected chi connectivity index (χ2v) is 9.96. The Morgan fingerprint density at radius 1 is 0.550 bits per heavy atom. The number of hydrogen-bond acceptors (Lipinski definition) is 12. The normalized spacial score (nSPS) is 21.9. The molecule has 2 aromatic rings. The summed E-state index contributed by atoms with van der Waals surface area (Å²) in [6.07, 6.45) is -1.00. The van der Waals surface area contributed by atoms with E-state index in [4.69, 9.17) is 9.47 Å². The first kappa shape index (κ1) is 25.0. The van der Waals surface area contributed by atoms with Crippen LogP contribution in [0.5, 0.6) is 11.5 Å². The number of allylic oxidation sites excluding steroid dienone is 2. The first-order valence-electron chi connectivity index (χ1n) is 12.1. The molecule has 4 N–H and O–H groups in total. The molecule has 2 aliphatic carbocycles. The van der Waals surface area contributed by atoms with Crippen LogP contribution in [0, 0.1) is 0 Å². The van der Waals surface area contributed by atoms with Crippen molar-refractivity contribution in [3.8, 4) is 11.5 Å². The molecule has 2 atom stereocenters. The van der Waals surface area contributed by atoms with E-state index in [-0.39, 0.29) is 35.1 Å². The number of phenols is 2. The average molecular weight is 546 g/mol. The lowest BCUT2D eigenvalue weighted by Crippen LogP contribution is -2.36. The lowest BCUT2D eigenvalue weighted by atomic mass is 9.75. The van der Waals surface area contributed by atoms with Gasteiger partial charge >= 0.3 is 11.9 Å². The van der Waals surface area contributed by atoms with E-state index in [2.05, 4.69) is 0 Å². The molecule has 0 saturated heterocycles. The van der Waals surface area contributed by atoms with Crippen molar-refractivity contribution in [2.75, 3.05) is 0 Å². The Hall–Kier alpha value is -5.26. The molecule has 40 heavy (non-hydrogen) atoms. The lowest BCUT2D eigenvalue weighted by Gasteiger charge is -2.29. The van der Waals surface area contributed by atoms with Gasteiger partial charge in [0.2, 0.25) is 23.1 Å². The molecule has 2 aliphatic heterocycles. The highest BCUT2D eigenvalue weighted by Gasteiger charge is 2.48. The van der Waals surface area contributed by atoms with Crippen LogP contribution in [0.3, 0.4) is 0 Å². The number of aliphatic hydroxyl groups is 2. The molecule has 0 amide bonds. The Balaban J connectivity index is 1.65. The molecule has 12 nitrogen and oxygen atoms in total. The van der Waals surface area contributed by atoms with Crippen LogP contribution in [0.1, 0.15) is 77.5 Å². The molecule has 2 aromatic carbocycles. The molecule has 0 fully saturated rings. The van der Waals surface area contributed by atoms with Gasteiger partial charge in [-0.05, 0) is 37.1 Å². The third-order valence-corrected chi connectivity index (χ3v) is 7.33. The molecular weight excluding hydrogens is 528 g/mol. The summed E-state index contributed by atoms with van der Waals surface area (Å²) >= 11 is 0. The van der Waals surface area contributed by atoms with Gasteiger partial charge in [-0.15, -0.1) is 0 Å². The first-order chi connectivity index (χ1) is 18.8. The number of ketones is 4. The number of esters is 2. The molecule has 0 saturated carbocycles. The Kier molecular flexibility index (Phi) is 5.08. The molecule has 0 aromatic heterocycles. The van der Waals surface area contributed by atoms with Crippen molar-refractivity contribution in [2.45, 2.75) is 38.9 Å². The van der Waals surface area contributed by atoms with Crippen molar-refractivity contribution < 1.29 is 58.7 Å². The molecule has 0 radical (unpaired) electrons. The van der Waals surface area contributed by atoms with Crippen LogP contribution in [0.25, 0.3) is 11.5 Å². The van der Waals surface area contributed by atoms with E-state index < -0.39 is 104 Å². The fourth-order valence-electron chi connectivity index (χ4n) is 5.74. The number of cyclic esters (lactones) is 2. The lowest BCUT2D eigenvalue weighted by molar-refractivity contribution is -0.114. The van der Waals surface area contributed by atoms with Gasteiger partial charge in [0.25, 0.3) is 0 Å². The molecule has 4 aliphatic rings. The topological polar surface area (TPSA) is 202 Å². The number of aliphatic hydroxyl groups excluding tert-OH is 2. The summed E-state index contributed by atoms with van der Waals surface area (Å²) in [6, 6.07) is 2.20. The molecule has 6 rings (SSSR count). The van der Waals surface area contributed by atoms with Crippen LogP contribution >= 0.6 is 0 Å². The van der Waals surface area contributed by atoms with Gasteiger partial charge in [0.05, 0.1) is 44.5 Å². The summed E-state index contributed by atoms with van der Waals surface area (Å²) in [5, 5.41) is 43.7. The predicted molar refractivity (Wildman–Crippen MR) is 131 cm³/mol. The maximum Gasteiger partial charge on any atom is 0.339 e. The first-order valence-corrected chi connectivity index (χ1v) is 12.1. The number of aromatic hydroxyl groups is 2. The van der Waals surface area contributed by atoms with Crippen molar-refractivity contribution >= 4 is 46.6 Å². The van der Waals surface area contributed by atoms with Crippen LogP contribution < -0.4 is 0 Å². The standard InChI is InChI=1S/C28H18O12/c1-7-3-9-5-11(29)15-17(13(9)27(37)39-7)23(33)25(35)19(21(15)31)20-22(32)16-12(30)6-10-4-8(2)40-28(38)14(10)18(16)24(34)26(20)36/h5-8,29-32H,3-4H2,1-2H3/t7-,8+. The Labute approximate surface area is 223 Å². The SMILES string of the molecule is C[C@@H]1Cc2cc(O)c3c(c2C(=O)O1)C(=O)C(=O)C(C1=C(O)c2c(O)cc4c(c2C(=O)C1=O)C(=O)O[C@@H](C)C4)=C3O. The van der Waals surface area contributed by atoms with Gasteiger partial charge in [-0.3, -0.25) is 19.2 Å². The fraction of sp³-hybridized carbons (Fsp3) is 0.214. The van der Waals surface area contributed by atoms with Crippen LogP contribution in [0.4, 0.5) is 0 Å². The van der Waals surface area contributed by atoms with E-state index in [1.807, 2.05) is 0 Å². The zero-order valence-electron chi connectivity index (χ0n) is 20.8. The minimum atomic E-state index is -1.57. The molecule has 0 bridgehead atoms. The molecule has 12 heteroatoms. The maximum atomic E-state index is 13.3. The summed E-state index contributed by atoms with van der Waals surface area (Å²) in [5.74, 6) is -11.7. The Morgan fingerprint density at radius 3 is 1.25 bits per heavy atom. The highest BCUT2D eigenvalue weighted by atomic mass is 16.5. The molecule has 2 heterocycles. The predicted octanol–water partition coefficient (Wildman–Crippen LogP) is 2.07. The van der Waals surface area contributed by atoms with Crippen molar-refractivity contribution in [3.05, 3.63) is 67.8 Å². The van der Waals surface area contributed by atoms with Gasteiger partial charge in [-0.25, -0.2) is 9.59 Å². The summed E-state index contributed by atoms with van der Waals surface area (Å²) in [7, 11) is 0. The fourth-order valence-corrected chi connectivity index (χ4v) is 5.74. The smallest absolute Gasteiger partial charge is 0.339 e. The average Bonchev–Trinajstić information content (AvgIpc) is 2.86. The van der Waals surface area contributed by atoms with E-state index in [1.54, 1.807) is 13.8 Å². The number of ether oxygens (including phenoxy) is 2. The van der Waals surface area contributed by atoms with E-state index in [0.29, 0.717) is 0 Å². The monoisotopic (exact) mass is 546 g/mol. The summed E-state index contributed by atoms with van der Waals surface area (Å²) in [5.41, 5.74) is -5.22. The number of Topliss-reactive ketones (excluding diaryl/α,β-unsaturated/α-hetero) is 4. The minimum Gasteiger partial charge on any atom is -0.507 e. The van der Waals surface area contributed by atoms with Crippen LogP contribution in [-0.4, -0.2) is 67.7 Å².